The lowest BCUT2D eigenvalue weighted by Gasteiger charge is -2.10. The summed E-state index contributed by atoms with van der Waals surface area (Å²) in [5.74, 6) is -0.0777. The number of hydrogen-bond acceptors (Lipinski definition) is 3. The Kier molecular flexibility index (Phi) is 4.99. The van der Waals surface area contributed by atoms with Crippen molar-refractivity contribution >= 4 is 17.6 Å². The first-order valence-corrected chi connectivity index (χ1v) is 5.89. The maximum absolute atomic E-state index is 11.4. The average molecular weight is 252 g/mol. The van der Waals surface area contributed by atoms with Gasteiger partial charge in [0.1, 0.15) is 0 Å². The summed E-state index contributed by atoms with van der Waals surface area (Å²) in [7, 11) is 0. The number of hydrogen-bond donors (Lipinski definition) is 0. The third kappa shape index (κ3) is 3.47. The van der Waals surface area contributed by atoms with Crippen molar-refractivity contribution < 1.29 is 9.53 Å². The second-order valence-electron chi connectivity index (χ2n) is 3.68. The fraction of sp³-hybridized carbons (Fsp3) is 0.385. The molecule has 3 nitrogen and oxygen atoms in total. The summed E-state index contributed by atoms with van der Waals surface area (Å²) in [6, 6.07) is 5.74. The minimum atomic E-state index is -0.298. The molecule has 0 saturated carbocycles. The average Bonchev–Trinajstić information content (AvgIpc) is 2.28. The number of carbonyl (C=O) groups excluding carboxylic acids is 1. The van der Waals surface area contributed by atoms with Crippen LogP contribution < -0.4 is 0 Å². The van der Waals surface area contributed by atoms with Crippen molar-refractivity contribution in [1.29, 1.82) is 5.26 Å². The molecular formula is C13H14ClNO2. The Bertz CT molecular complexity index is 463. The highest BCUT2D eigenvalue weighted by atomic mass is 35.5. The van der Waals surface area contributed by atoms with Crippen LogP contribution in [0.25, 0.3) is 0 Å². The number of carbonyl (C=O) groups is 1. The Balaban J connectivity index is 3.10. The topological polar surface area (TPSA) is 50.1 Å². The Morgan fingerprint density at radius 1 is 1.53 bits per heavy atom. The van der Waals surface area contributed by atoms with E-state index in [1.54, 1.807) is 13.0 Å². The van der Waals surface area contributed by atoms with Gasteiger partial charge in [0.25, 0.3) is 0 Å². The van der Waals surface area contributed by atoms with E-state index in [9.17, 15) is 4.79 Å². The fourth-order valence-corrected chi connectivity index (χ4v) is 1.99. The van der Waals surface area contributed by atoms with Crippen LogP contribution in [0.4, 0.5) is 0 Å². The first-order valence-electron chi connectivity index (χ1n) is 5.36. The van der Waals surface area contributed by atoms with Crippen molar-refractivity contribution in [1.82, 2.24) is 0 Å². The molecule has 0 aliphatic rings. The molecule has 1 rings (SSSR count). The van der Waals surface area contributed by atoms with Crippen LogP contribution in [0.15, 0.2) is 12.1 Å². The van der Waals surface area contributed by atoms with Crippen molar-refractivity contribution in [3.05, 3.63) is 34.4 Å². The zero-order valence-corrected chi connectivity index (χ0v) is 10.7. The highest BCUT2D eigenvalue weighted by Crippen LogP contribution is 2.20. The van der Waals surface area contributed by atoms with E-state index in [0.717, 1.165) is 11.1 Å². The van der Waals surface area contributed by atoms with E-state index in [2.05, 4.69) is 6.07 Å². The number of nitriles is 1. The zero-order chi connectivity index (χ0) is 12.8. The molecule has 0 fully saturated rings. The Labute approximate surface area is 106 Å². The van der Waals surface area contributed by atoms with Crippen LogP contribution in [-0.4, -0.2) is 12.6 Å². The SMILES string of the molecule is CCOC(=O)Cc1cc(C)cc(C#N)c1CCl. The summed E-state index contributed by atoms with van der Waals surface area (Å²) in [4.78, 5) is 11.4. The molecule has 0 radical (unpaired) electrons. The number of alkyl halides is 1. The molecule has 0 aliphatic heterocycles. The molecule has 17 heavy (non-hydrogen) atoms. The van der Waals surface area contributed by atoms with Crippen molar-refractivity contribution in [2.24, 2.45) is 0 Å². The molecule has 0 amide bonds. The first kappa shape index (κ1) is 13.5. The number of halogens is 1. The van der Waals surface area contributed by atoms with Gasteiger partial charge in [0.2, 0.25) is 0 Å². The molecule has 0 bridgehead atoms. The highest BCUT2D eigenvalue weighted by Gasteiger charge is 2.12. The monoisotopic (exact) mass is 251 g/mol. The van der Waals surface area contributed by atoms with Gasteiger partial charge in [-0.1, -0.05) is 6.07 Å². The molecule has 90 valence electrons. The van der Waals surface area contributed by atoms with Gasteiger partial charge in [0.15, 0.2) is 0 Å². The van der Waals surface area contributed by atoms with Crippen LogP contribution in [0.2, 0.25) is 0 Å². The third-order valence-electron chi connectivity index (χ3n) is 2.38. The van der Waals surface area contributed by atoms with E-state index < -0.39 is 0 Å². The summed E-state index contributed by atoms with van der Waals surface area (Å²) in [6.07, 6.45) is 0.159. The largest absolute Gasteiger partial charge is 0.466 e. The molecule has 0 saturated heterocycles. The van der Waals surface area contributed by atoms with Crippen LogP contribution in [0.3, 0.4) is 0 Å². The molecule has 0 aliphatic carbocycles. The normalized spacial score (nSPS) is 9.76. The predicted octanol–water partition coefficient (Wildman–Crippen LogP) is 2.71. The van der Waals surface area contributed by atoms with Crippen LogP contribution in [0.1, 0.15) is 29.2 Å². The summed E-state index contributed by atoms with van der Waals surface area (Å²) in [5, 5.41) is 9.01. The van der Waals surface area contributed by atoms with Crippen molar-refractivity contribution in [3.63, 3.8) is 0 Å². The molecular weight excluding hydrogens is 238 g/mol. The Morgan fingerprint density at radius 3 is 2.76 bits per heavy atom. The maximum Gasteiger partial charge on any atom is 0.310 e. The summed E-state index contributed by atoms with van der Waals surface area (Å²) in [6.45, 7) is 4.00. The zero-order valence-electron chi connectivity index (χ0n) is 9.92. The lowest BCUT2D eigenvalue weighted by molar-refractivity contribution is -0.142. The van der Waals surface area contributed by atoms with E-state index in [1.165, 1.54) is 0 Å². The van der Waals surface area contributed by atoms with Gasteiger partial charge in [0, 0.05) is 5.88 Å². The summed E-state index contributed by atoms with van der Waals surface area (Å²) < 4.78 is 4.89. The minimum Gasteiger partial charge on any atom is -0.466 e. The number of esters is 1. The van der Waals surface area contributed by atoms with Gasteiger partial charge in [-0.05, 0) is 36.6 Å². The van der Waals surface area contributed by atoms with Crippen LogP contribution >= 0.6 is 11.6 Å². The second kappa shape index (κ2) is 6.27. The van der Waals surface area contributed by atoms with E-state index in [4.69, 9.17) is 21.6 Å². The lowest BCUT2D eigenvalue weighted by Crippen LogP contribution is -2.10. The van der Waals surface area contributed by atoms with Crippen LogP contribution in [-0.2, 0) is 21.8 Å². The van der Waals surface area contributed by atoms with Crippen molar-refractivity contribution in [2.75, 3.05) is 6.61 Å². The molecule has 0 N–H and O–H groups in total. The minimum absolute atomic E-state index is 0.159. The molecule has 1 aromatic carbocycles. The van der Waals surface area contributed by atoms with Crippen LogP contribution in [0, 0.1) is 18.3 Å². The molecule has 0 atom stereocenters. The van der Waals surface area contributed by atoms with Gasteiger partial charge in [-0.3, -0.25) is 4.79 Å². The molecule has 0 aromatic heterocycles. The van der Waals surface area contributed by atoms with E-state index in [-0.39, 0.29) is 18.3 Å². The molecule has 0 unspecified atom stereocenters. The molecule has 1 aromatic rings. The highest BCUT2D eigenvalue weighted by molar-refractivity contribution is 6.17. The summed E-state index contributed by atoms with van der Waals surface area (Å²) >= 11 is 5.83. The molecule has 4 heteroatoms. The Hall–Kier alpha value is -1.53. The van der Waals surface area contributed by atoms with Crippen molar-refractivity contribution in [2.45, 2.75) is 26.1 Å². The number of rotatable bonds is 4. The van der Waals surface area contributed by atoms with Gasteiger partial charge in [-0.15, -0.1) is 11.6 Å². The van der Waals surface area contributed by atoms with Gasteiger partial charge in [-0.2, -0.15) is 5.26 Å². The molecule has 0 spiro atoms. The van der Waals surface area contributed by atoms with E-state index in [0.29, 0.717) is 17.7 Å². The van der Waals surface area contributed by atoms with Crippen LogP contribution in [0.5, 0.6) is 0 Å². The number of ether oxygens (including phenoxy) is 1. The summed E-state index contributed by atoms with van der Waals surface area (Å²) in [5.41, 5.74) is 2.96. The Morgan fingerprint density at radius 2 is 2.24 bits per heavy atom. The first-order chi connectivity index (χ1) is 8.12. The number of benzene rings is 1. The standard InChI is InChI=1S/C13H14ClNO2/c1-3-17-13(16)6-10-4-9(2)5-11(8-15)12(10)7-14/h4-5H,3,6-7H2,1-2H3. The maximum atomic E-state index is 11.4. The molecule has 0 heterocycles. The smallest absolute Gasteiger partial charge is 0.310 e. The lowest BCUT2D eigenvalue weighted by atomic mass is 9.98. The number of aryl methyl sites for hydroxylation is 1. The van der Waals surface area contributed by atoms with E-state index in [1.807, 2.05) is 13.0 Å². The van der Waals surface area contributed by atoms with Gasteiger partial charge in [-0.25, -0.2) is 0 Å². The second-order valence-corrected chi connectivity index (χ2v) is 3.94. The number of nitrogens with zero attached hydrogens (tertiary/aromatic N) is 1. The third-order valence-corrected chi connectivity index (χ3v) is 2.65. The predicted molar refractivity (Wildman–Crippen MR) is 65.8 cm³/mol. The van der Waals surface area contributed by atoms with E-state index >= 15 is 0 Å². The van der Waals surface area contributed by atoms with Gasteiger partial charge in [0.05, 0.1) is 24.7 Å². The fourth-order valence-electron chi connectivity index (χ4n) is 1.67. The van der Waals surface area contributed by atoms with Gasteiger partial charge >= 0.3 is 5.97 Å². The quantitative estimate of drug-likeness (QED) is 0.611. The van der Waals surface area contributed by atoms with Crippen molar-refractivity contribution in [3.8, 4) is 6.07 Å². The van der Waals surface area contributed by atoms with Gasteiger partial charge < -0.3 is 4.74 Å².